The number of carbonyl (C=O) groups excluding carboxylic acids is 1. The number of hydrogen-bond acceptors (Lipinski definition) is 5. The zero-order valence-corrected chi connectivity index (χ0v) is 17.5. The number of hydrogen-bond donors (Lipinski definition) is 1. The highest BCUT2D eigenvalue weighted by molar-refractivity contribution is 6.30. The molecule has 0 spiro atoms. The molecule has 0 atom stereocenters. The summed E-state index contributed by atoms with van der Waals surface area (Å²) >= 11 is 6.00. The SMILES string of the molecule is COc1ccc(-c2cc(N3CCC(C(=O)Nc4cccc(Cl)c4)CC3)ncn2)cc1. The summed E-state index contributed by atoms with van der Waals surface area (Å²) in [6.07, 6.45) is 3.13. The van der Waals surface area contributed by atoms with Gasteiger partial charge in [0.2, 0.25) is 5.91 Å². The lowest BCUT2D eigenvalue weighted by Crippen LogP contribution is -2.38. The van der Waals surface area contributed by atoms with Gasteiger partial charge in [0.1, 0.15) is 17.9 Å². The van der Waals surface area contributed by atoms with Crippen molar-refractivity contribution in [3.8, 4) is 17.0 Å². The molecule has 2 aromatic carbocycles. The topological polar surface area (TPSA) is 67.3 Å². The minimum Gasteiger partial charge on any atom is -0.497 e. The molecule has 6 nitrogen and oxygen atoms in total. The Morgan fingerprint density at radius 1 is 1.10 bits per heavy atom. The second kappa shape index (κ2) is 9.13. The molecule has 1 aliphatic heterocycles. The standard InChI is InChI=1S/C23H23ClN4O2/c1-30-20-7-5-16(6-8-20)21-14-22(26-15-25-21)28-11-9-17(10-12-28)23(29)27-19-4-2-3-18(24)13-19/h2-8,13-15,17H,9-12H2,1H3,(H,27,29). The van der Waals surface area contributed by atoms with E-state index in [0.29, 0.717) is 5.02 Å². The van der Waals surface area contributed by atoms with Gasteiger partial charge in [0, 0.05) is 41.3 Å². The normalized spacial score (nSPS) is 14.4. The predicted molar refractivity (Wildman–Crippen MR) is 119 cm³/mol. The van der Waals surface area contributed by atoms with E-state index < -0.39 is 0 Å². The Bertz CT molecular complexity index is 1020. The van der Waals surface area contributed by atoms with Crippen molar-refractivity contribution in [2.75, 3.05) is 30.4 Å². The number of benzene rings is 2. The van der Waals surface area contributed by atoms with Gasteiger partial charge in [-0.3, -0.25) is 4.79 Å². The quantitative estimate of drug-likeness (QED) is 0.647. The Morgan fingerprint density at radius 2 is 1.87 bits per heavy atom. The number of rotatable bonds is 5. The smallest absolute Gasteiger partial charge is 0.227 e. The summed E-state index contributed by atoms with van der Waals surface area (Å²) in [5.74, 6) is 1.71. The van der Waals surface area contributed by atoms with Crippen molar-refractivity contribution < 1.29 is 9.53 Å². The average Bonchev–Trinajstić information content (AvgIpc) is 2.79. The van der Waals surface area contributed by atoms with E-state index in [1.54, 1.807) is 25.6 Å². The third-order valence-corrected chi connectivity index (χ3v) is 5.56. The monoisotopic (exact) mass is 422 g/mol. The minimum absolute atomic E-state index is 0.0249. The van der Waals surface area contributed by atoms with Gasteiger partial charge in [-0.15, -0.1) is 0 Å². The number of nitrogens with zero attached hydrogens (tertiary/aromatic N) is 3. The first-order chi connectivity index (χ1) is 14.6. The highest BCUT2D eigenvalue weighted by Gasteiger charge is 2.26. The molecule has 1 amide bonds. The first-order valence-corrected chi connectivity index (χ1v) is 10.3. The molecular weight excluding hydrogens is 400 g/mol. The maximum absolute atomic E-state index is 12.6. The lowest BCUT2D eigenvalue weighted by Gasteiger charge is -2.32. The van der Waals surface area contributed by atoms with Gasteiger partial charge >= 0.3 is 0 Å². The molecule has 2 heterocycles. The van der Waals surface area contributed by atoms with Crippen LogP contribution in [0, 0.1) is 5.92 Å². The van der Waals surface area contributed by atoms with Gasteiger partial charge < -0.3 is 15.0 Å². The van der Waals surface area contributed by atoms with Gasteiger partial charge in [-0.25, -0.2) is 9.97 Å². The third kappa shape index (κ3) is 4.71. The molecule has 154 valence electrons. The molecule has 1 aliphatic rings. The van der Waals surface area contributed by atoms with Crippen LogP contribution in [0.2, 0.25) is 5.02 Å². The fourth-order valence-electron chi connectivity index (χ4n) is 3.62. The number of anilines is 2. The Morgan fingerprint density at radius 3 is 2.57 bits per heavy atom. The molecule has 0 aliphatic carbocycles. The molecule has 1 fully saturated rings. The molecule has 7 heteroatoms. The van der Waals surface area contributed by atoms with E-state index in [0.717, 1.165) is 54.4 Å². The molecule has 1 aromatic heterocycles. The van der Waals surface area contributed by atoms with Crippen molar-refractivity contribution in [3.05, 3.63) is 65.9 Å². The summed E-state index contributed by atoms with van der Waals surface area (Å²) in [7, 11) is 1.65. The molecule has 0 saturated carbocycles. The van der Waals surface area contributed by atoms with Crippen LogP contribution in [0.15, 0.2) is 60.9 Å². The number of nitrogens with one attached hydrogen (secondary N) is 1. The van der Waals surface area contributed by atoms with Crippen molar-refractivity contribution in [2.45, 2.75) is 12.8 Å². The second-order valence-corrected chi connectivity index (χ2v) is 7.69. The largest absolute Gasteiger partial charge is 0.497 e. The molecule has 1 N–H and O–H groups in total. The predicted octanol–water partition coefficient (Wildman–Crippen LogP) is 4.66. The van der Waals surface area contributed by atoms with Crippen molar-refractivity contribution in [1.82, 2.24) is 9.97 Å². The summed E-state index contributed by atoms with van der Waals surface area (Å²) in [5, 5.41) is 3.58. The highest BCUT2D eigenvalue weighted by Crippen LogP contribution is 2.27. The van der Waals surface area contributed by atoms with E-state index in [1.165, 1.54) is 0 Å². The first kappa shape index (κ1) is 20.2. The highest BCUT2D eigenvalue weighted by atomic mass is 35.5. The fourth-order valence-corrected chi connectivity index (χ4v) is 3.81. The van der Waals surface area contributed by atoms with Crippen LogP contribution in [-0.2, 0) is 4.79 Å². The summed E-state index contributed by atoms with van der Waals surface area (Å²) in [4.78, 5) is 23.7. The van der Waals surface area contributed by atoms with Crippen LogP contribution < -0.4 is 15.0 Å². The first-order valence-electron chi connectivity index (χ1n) is 9.90. The lowest BCUT2D eigenvalue weighted by atomic mass is 9.95. The Kier molecular flexibility index (Phi) is 6.14. The van der Waals surface area contributed by atoms with Gasteiger partial charge in [-0.2, -0.15) is 0 Å². The third-order valence-electron chi connectivity index (χ3n) is 5.32. The van der Waals surface area contributed by atoms with E-state index in [2.05, 4.69) is 20.2 Å². The van der Waals surface area contributed by atoms with E-state index in [9.17, 15) is 4.79 Å². The van der Waals surface area contributed by atoms with E-state index in [1.807, 2.05) is 42.5 Å². The van der Waals surface area contributed by atoms with E-state index >= 15 is 0 Å². The fraction of sp³-hybridized carbons (Fsp3) is 0.261. The zero-order chi connectivity index (χ0) is 20.9. The van der Waals surface area contributed by atoms with Crippen LogP contribution in [0.3, 0.4) is 0 Å². The number of carbonyl (C=O) groups is 1. The zero-order valence-electron chi connectivity index (χ0n) is 16.7. The molecule has 3 aromatic rings. The Balaban J connectivity index is 1.38. The van der Waals surface area contributed by atoms with Crippen LogP contribution in [0.1, 0.15) is 12.8 Å². The summed E-state index contributed by atoms with van der Waals surface area (Å²) in [6.45, 7) is 1.54. The number of ether oxygens (including phenoxy) is 1. The van der Waals surface area contributed by atoms with Crippen LogP contribution in [0.5, 0.6) is 5.75 Å². The van der Waals surface area contributed by atoms with Crippen LogP contribution in [0.4, 0.5) is 11.5 Å². The molecule has 4 rings (SSSR count). The summed E-state index contributed by atoms with van der Waals surface area (Å²) in [6, 6.07) is 17.0. The Labute approximate surface area is 180 Å². The second-order valence-electron chi connectivity index (χ2n) is 7.25. The molecule has 0 radical (unpaired) electrons. The van der Waals surface area contributed by atoms with Crippen molar-refractivity contribution >= 4 is 29.0 Å². The molecule has 0 unspecified atom stereocenters. The van der Waals surface area contributed by atoms with Gasteiger partial charge in [0.05, 0.1) is 12.8 Å². The maximum Gasteiger partial charge on any atom is 0.227 e. The van der Waals surface area contributed by atoms with Gasteiger partial charge in [-0.05, 0) is 55.3 Å². The lowest BCUT2D eigenvalue weighted by molar-refractivity contribution is -0.120. The maximum atomic E-state index is 12.6. The number of halogens is 1. The van der Waals surface area contributed by atoms with Gasteiger partial charge in [0.15, 0.2) is 0 Å². The van der Waals surface area contributed by atoms with E-state index in [4.69, 9.17) is 16.3 Å². The summed E-state index contributed by atoms with van der Waals surface area (Å²) in [5.41, 5.74) is 2.61. The molecule has 30 heavy (non-hydrogen) atoms. The van der Waals surface area contributed by atoms with Gasteiger partial charge in [0.25, 0.3) is 0 Å². The number of piperidine rings is 1. The van der Waals surface area contributed by atoms with Crippen molar-refractivity contribution in [1.29, 1.82) is 0 Å². The minimum atomic E-state index is -0.0249. The summed E-state index contributed by atoms with van der Waals surface area (Å²) < 4.78 is 5.22. The molecular formula is C23H23ClN4O2. The van der Waals surface area contributed by atoms with Crippen molar-refractivity contribution in [3.63, 3.8) is 0 Å². The number of methoxy groups -OCH3 is 1. The van der Waals surface area contributed by atoms with Crippen LogP contribution in [-0.4, -0.2) is 36.1 Å². The molecule has 0 bridgehead atoms. The van der Waals surface area contributed by atoms with Crippen LogP contribution >= 0.6 is 11.6 Å². The van der Waals surface area contributed by atoms with Crippen molar-refractivity contribution in [2.24, 2.45) is 5.92 Å². The van der Waals surface area contributed by atoms with Gasteiger partial charge in [-0.1, -0.05) is 17.7 Å². The van der Waals surface area contributed by atoms with E-state index in [-0.39, 0.29) is 11.8 Å². The van der Waals surface area contributed by atoms with Crippen LogP contribution in [0.25, 0.3) is 11.3 Å². The average molecular weight is 423 g/mol. The number of amides is 1. The Hall–Kier alpha value is -3.12. The number of aromatic nitrogens is 2. The molecule has 1 saturated heterocycles.